The minimum Gasteiger partial charge on any atom is -0.495 e. The first-order valence-corrected chi connectivity index (χ1v) is 9.08. The van der Waals surface area contributed by atoms with Crippen LogP contribution in [0, 0.1) is 0 Å². The van der Waals surface area contributed by atoms with Crippen LogP contribution < -0.4 is 4.74 Å². The van der Waals surface area contributed by atoms with Crippen molar-refractivity contribution in [1.29, 1.82) is 0 Å². The molecule has 0 heterocycles. The van der Waals surface area contributed by atoms with Gasteiger partial charge in [-0.05, 0) is 35.0 Å². The molecular weight excluding hydrogens is 407 g/mol. The predicted octanol–water partition coefficient (Wildman–Crippen LogP) is 3.98. The third-order valence-corrected chi connectivity index (χ3v) is 6.69. The summed E-state index contributed by atoms with van der Waals surface area (Å²) < 4.78 is 29.2. The molecule has 1 aromatic rings. The Morgan fingerprint density at radius 2 is 1.94 bits per heavy atom. The molecule has 0 N–H and O–H groups in total. The third-order valence-electron chi connectivity index (χ3n) is 2.63. The van der Waals surface area contributed by atoms with Crippen LogP contribution in [0.15, 0.2) is 16.6 Å². The Labute approximate surface area is 129 Å². The van der Waals surface area contributed by atoms with Gasteiger partial charge in [0.1, 0.15) is 5.75 Å². The number of hydrogen-bond donors (Lipinski definition) is 0. The van der Waals surface area contributed by atoms with Crippen LogP contribution in [-0.2, 0) is 9.84 Å². The normalized spacial score (nSPS) is 15.2. The van der Waals surface area contributed by atoms with E-state index >= 15 is 0 Å². The number of sulfone groups is 1. The molecule has 0 saturated carbocycles. The molecule has 7 heteroatoms. The summed E-state index contributed by atoms with van der Waals surface area (Å²) >= 11 is 12.7. The predicted molar refractivity (Wildman–Crippen MR) is 81.7 cm³/mol. The van der Waals surface area contributed by atoms with E-state index in [2.05, 4.69) is 31.9 Å². The van der Waals surface area contributed by atoms with E-state index in [0.717, 1.165) is 0 Å². The van der Waals surface area contributed by atoms with Crippen molar-refractivity contribution in [2.45, 2.75) is 17.0 Å². The number of halogens is 3. The molecule has 0 bridgehead atoms. The summed E-state index contributed by atoms with van der Waals surface area (Å²) in [6, 6.07) is 3.40. The zero-order valence-electron chi connectivity index (χ0n) is 10.1. The molecule has 0 aliphatic rings. The summed E-state index contributed by atoms with van der Waals surface area (Å²) in [6.45, 7) is 1.64. The maximum absolute atomic E-state index is 11.6. The summed E-state index contributed by atoms with van der Waals surface area (Å²) in [5.74, 6) is 0.580. The van der Waals surface area contributed by atoms with Gasteiger partial charge in [-0.15, -0.1) is 0 Å². The van der Waals surface area contributed by atoms with Gasteiger partial charge >= 0.3 is 0 Å². The van der Waals surface area contributed by atoms with Crippen molar-refractivity contribution in [3.63, 3.8) is 0 Å². The molecule has 3 nitrogen and oxygen atoms in total. The molecule has 2 unspecified atom stereocenters. The number of hydrogen-bond acceptors (Lipinski definition) is 3. The molecule has 2 atom stereocenters. The second-order valence-corrected chi connectivity index (χ2v) is 8.63. The van der Waals surface area contributed by atoms with E-state index in [9.17, 15) is 8.42 Å². The van der Waals surface area contributed by atoms with Crippen LogP contribution in [0.1, 0.15) is 17.3 Å². The number of ether oxygens (including phenoxy) is 1. The lowest BCUT2D eigenvalue weighted by atomic mass is 10.1. The minimum absolute atomic E-state index is 0.391. The molecule has 0 aliphatic carbocycles. The molecule has 0 aromatic heterocycles. The van der Waals surface area contributed by atoms with Crippen molar-refractivity contribution in [1.82, 2.24) is 0 Å². The van der Waals surface area contributed by atoms with E-state index in [-0.39, 0.29) is 0 Å². The average molecular weight is 421 g/mol. The lowest BCUT2D eigenvalue weighted by Crippen LogP contribution is -2.21. The molecule has 18 heavy (non-hydrogen) atoms. The van der Waals surface area contributed by atoms with E-state index < -0.39 is 19.9 Å². The molecule has 1 aromatic carbocycles. The van der Waals surface area contributed by atoms with E-state index in [1.807, 2.05) is 0 Å². The van der Waals surface area contributed by atoms with E-state index in [1.54, 1.807) is 19.1 Å². The molecule has 102 valence electrons. The van der Waals surface area contributed by atoms with E-state index in [4.69, 9.17) is 16.3 Å². The average Bonchev–Trinajstić information content (AvgIpc) is 2.24. The molecule has 0 saturated heterocycles. The van der Waals surface area contributed by atoms with Crippen molar-refractivity contribution >= 4 is 53.3 Å². The second-order valence-electron chi connectivity index (χ2n) is 3.95. The monoisotopic (exact) mass is 418 g/mol. The maximum Gasteiger partial charge on any atom is 0.151 e. The Hall–Kier alpha value is 0.220. The molecule has 0 spiro atoms. The van der Waals surface area contributed by atoms with Crippen molar-refractivity contribution < 1.29 is 13.2 Å². The molecule has 0 amide bonds. The highest BCUT2D eigenvalue weighted by Crippen LogP contribution is 2.41. The van der Waals surface area contributed by atoms with Gasteiger partial charge in [0.15, 0.2) is 9.84 Å². The highest BCUT2D eigenvalue weighted by atomic mass is 79.9. The molecule has 0 fully saturated rings. The van der Waals surface area contributed by atoms with Gasteiger partial charge in [0.2, 0.25) is 0 Å². The zero-order chi connectivity index (χ0) is 14.1. The third kappa shape index (κ3) is 3.62. The van der Waals surface area contributed by atoms with Crippen molar-refractivity contribution in [3.8, 4) is 5.75 Å². The standard InChI is InChI=1S/C11H13Br2ClO3S/c1-6(18(3,15)16)10(13)8-4-7(14)5-9(12)11(8)17-2/h4-6,10H,1-3H3. The van der Waals surface area contributed by atoms with Crippen LogP contribution in [0.3, 0.4) is 0 Å². The molecule has 0 aliphatic heterocycles. The molecule has 1 rings (SSSR count). The van der Waals surface area contributed by atoms with Crippen LogP contribution in [0.4, 0.5) is 0 Å². The van der Waals surface area contributed by atoms with E-state index in [1.165, 1.54) is 13.4 Å². The lowest BCUT2D eigenvalue weighted by molar-refractivity contribution is 0.406. The van der Waals surface area contributed by atoms with Crippen molar-refractivity contribution in [2.75, 3.05) is 13.4 Å². The Balaban J connectivity index is 3.32. The van der Waals surface area contributed by atoms with Crippen LogP contribution in [-0.4, -0.2) is 27.0 Å². The molecule has 0 radical (unpaired) electrons. The first-order valence-electron chi connectivity index (χ1n) is 5.04. The number of benzene rings is 1. The van der Waals surface area contributed by atoms with Gasteiger partial charge < -0.3 is 4.74 Å². The van der Waals surface area contributed by atoms with Crippen molar-refractivity contribution in [3.05, 3.63) is 27.2 Å². The van der Waals surface area contributed by atoms with Crippen LogP contribution in [0.2, 0.25) is 5.02 Å². The smallest absolute Gasteiger partial charge is 0.151 e. The summed E-state index contributed by atoms with van der Waals surface area (Å²) in [5.41, 5.74) is 0.704. The van der Waals surface area contributed by atoms with Gasteiger partial charge in [0.25, 0.3) is 0 Å². The van der Waals surface area contributed by atoms with Crippen LogP contribution in [0.5, 0.6) is 5.75 Å². The van der Waals surface area contributed by atoms with Gasteiger partial charge in [0, 0.05) is 16.8 Å². The fourth-order valence-corrected chi connectivity index (χ4v) is 4.56. The number of alkyl halides is 1. The number of methoxy groups -OCH3 is 1. The van der Waals surface area contributed by atoms with Gasteiger partial charge in [-0.2, -0.15) is 0 Å². The first kappa shape index (κ1) is 16.3. The quantitative estimate of drug-likeness (QED) is 0.692. The summed E-state index contributed by atoms with van der Waals surface area (Å²) in [7, 11) is -1.63. The lowest BCUT2D eigenvalue weighted by Gasteiger charge is -2.20. The second kappa shape index (κ2) is 6.11. The Morgan fingerprint density at radius 3 is 2.39 bits per heavy atom. The SMILES string of the molecule is COc1c(Br)cc(Cl)cc1C(Br)C(C)S(C)(=O)=O. The highest BCUT2D eigenvalue weighted by Gasteiger charge is 2.28. The Bertz CT molecular complexity index is 545. The van der Waals surface area contributed by atoms with E-state index in [0.29, 0.717) is 20.8 Å². The maximum atomic E-state index is 11.6. The molecular formula is C11H13Br2ClO3S. The summed E-state index contributed by atoms with van der Waals surface area (Å²) in [4.78, 5) is -0.391. The van der Waals surface area contributed by atoms with Gasteiger partial charge in [-0.1, -0.05) is 27.5 Å². The summed E-state index contributed by atoms with van der Waals surface area (Å²) in [5, 5.41) is -0.0698. The first-order chi connectivity index (χ1) is 8.18. The fourth-order valence-electron chi connectivity index (χ4n) is 1.47. The summed E-state index contributed by atoms with van der Waals surface area (Å²) in [6.07, 6.45) is 1.21. The van der Waals surface area contributed by atoms with Gasteiger partial charge in [0.05, 0.1) is 21.7 Å². The number of rotatable bonds is 4. The van der Waals surface area contributed by atoms with Crippen molar-refractivity contribution in [2.24, 2.45) is 0 Å². The van der Waals surface area contributed by atoms with Crippen LogP contribution >= 0.6 is 43.5 Å². The highest BCUT2D eigenvalue weighted by molar-refractivity contribution is 9.10. The van der Waals surface area contributed by atoms with Crippen LogP contribution in [0.25, 0.3) is 0 Å². The zero-order valence-corrected chi connectivity index (χ0v) is 14.8. The Kier molecular flexibility index (Phi) is 5.53. The topological polar surface area (TPSA) is 43.4 Å². The van der Waals surface area contributed by atoms with Gasteiger partial charge in [-0.3, -0.25) is 0 Å². The Morgan fingerprint density at radius 1 is 1.39 bits per heavy atom. The fraction of sp³-hybridized carbons (Fsp3) is 0.455. The largest absolute Gasteiger partial charge is 0.495 e. The van der Waals surface area contributed by atoms with Gasteiger partial charge in [-0.25, -0.2) is 8.42 Å². The minimum atomic E-state index is -3.16.